The lowest BCUT2D eigenvalue weighted by Gasteiger charge is -2.34. The van der Waals surface area contributed by atoms with Crippen LogP contribution in [0.4, 0.5) is 5.69 Å². The summed E-state index contributed by atoms with van der Waals surface area (Å²) in [4.78, 5) is 12.5. The molecule has 0 bridgehead atoms. The number of carbonyl (C=O) groups excluding carboxylic acids is 1. The van der Waals surface area contributed by atoms with Crippen molar-refractivity contribution in [1.82, 2.24) is 0 Å². The molecule has 1 amide bonds. The first-order chi connectivity index (χ1) is 12.4. The minimum Gasteiger partial charge on any atom is -0.497 e. The van der Waals surface area contributed by atoms with Crippen molar-refractivity contribution < 1.29 is 19.0 Å². The van der Waals surface area contributed by atoms with E-state index >= 15 is 0 Å². The Balaban J connectivity index is 1.57. The number of anilines is 1. The largest absolute Gasteiger partial charge is 0.497 e. The molecule has 1 atom stereocenters. The maximum absolute atomic E-state index is 12.5. The lowest BCUT2D eigenvalue weighted by atomic mass is 9.88. The van der Waals surface area contributed by atoms with Crippen molar-refractivity contribution in [2.75, 3.05) is 19.0 Å². The monoisotopic (exact) mass is 355 g/mol. The second-order valence-electron chi connectivity index (χ2n) is 7.09. The summed E-state index contributed by atoms with van der Waals surface area (Å²) in [5.74, 6) is 2.25. The second kappa shape index (κ2) is 7.79. The molecule has 2 aromatic rings. The van der Waals surface area contributed by atoms with Crippen molar-refractivity contribution in [2.45, 2.75) is 32.3 Å². The Bertz CT molecular complexity index is 738. The highest BCUT2D eigenvalue weighted by Gasteiger charge is 2.32. The summed E-state index contributed by atoms with van der Waals surface area (Å²) in [6.45, 7) is 4.68. The molecular weight excluding hydrogens is 330 g/mol. The average Bonchev–Trinajstić information content (AvgIpc) is 2.63. The minimum absolute atomic E-state index is 0.0195. The number of nitrogens with one attached hydrogen (secondary N) is 1. The van der Waals surface area contributed by atoms with E-state index < -0.39 is 0 Å². The van der Waals surface area contributed by atoms with Crippen LogP contribution in [0.25, 0.3) is 0 Å². The predicted octanol–water partition coefficient (Wildman–Crippen LogP) is 4.63. The van der Waals surface area contributed by atoms with Crippen molar-refractivity contribution in [3.05, 3.63) is 48.5 Å². The highest BCUT2D eigenvalue weighted by molar-refractivity contribution is 5.92. The van der Waals surface area contributed by atoms with E-state index in [0.717, 1.165) is 30.0 Å². The van der Waals surface area contributed by atoms with Gasteiger partial charge in [-0.2, -0.15) is 0 Å². The molecule has 1 heterocycles. The van der Waals surface area contributed by atoms with E-state index in [-0.39, 0.29) is 17.4 Å². The SMILES string of the molecule is COc1ccc(Oc2ccc(NC(=O)C3CCOC(C)(C)C3)cc2)cc1. The fourth-order valence-electron chi connectivity index (χ4n) is 3.09. The highest BCUT2D eigenvalue weighted by Crippen LogP contribution is 2.30. The maximum Gasteiger partial charge on any atom is 0.227 e. The molecule has 0 aliphatic carbocycles. The van der Waals surface area contributed by atoms with E-state index in [9.17, 15) is 4.79 Å². The normalized spacial score (nSPS) is 18.8. The Hall–Kier alpha value is -2.53. The Kier molecular flexibility index (Phi) is 5.47. The van der Waals surface area contributed by atoms with E-state index in [1.807, 2.05) is 62.4 Å². The molecule has 1 aliphatic rings. The van der Waals surface area contributed by atoms with Crippen LogP contribution < -0.4 is 14.8 Å². The standard InChI is InChI=1S/C21H25NO4/c1-21(2)14-15(12-13-25-21)20(23)22-16-4-6-18(7-5-16)26-19-10-8-17(24-3)9-11-19/h4-11,15H,12-14H2,1-3H3,(H,22,23). The Labute approximate surface area is 154 Å². The lowest BCUT2D eigenvalue weighted by Crippen LogP contribution is -2.39. The van der Waals surface area contributed by atoms with Crippen molar-refractivity contribution in [1.29, 1.82) is 0 Å². The number of hydrogen-bond donors (Lipinski definition) is 1. The molecule has 1 N–H and O–H groups in total. The number of rotatable bonds is 5. The van der Waals surface area contributed by atoms with Crippen LogP contribution in [0.3, 0.4) is 0 Å². The molecule has 0 aromatic heterocycles. The van der Waals surface area contributed by atoms with E-state index in [1.54, 1.807) is 7.11 Å². The molecule has 3 rings (SSSR count). The number of ether oxygens (including phenoxy) is 3. The summed E-state index contributed by atoms with van der Waals surface area (Å²) < 4.78 is 16.6. The van der Waals surface area contributed by atoms with Gasteiger partial charge in [0.25, 0.3) is 0 Å². The van der Waals surface area contributed by atoms with Gasteiger partial charge in [0, 0.05) is 18.2 Å². The summed E-state index contributed by atoms with van der Waals surface area (Å²) in [5, 5.41) is 2.99. The fraction of sp³-hybridized carbons (Fsp3) is 0.381. The van der Waals surface area contributed by atoms with Gasteiger partial charge in [-0.1, -0.05) is 0 Å². The smallest absolute Gasteiger partial charge is 0.227 e. The second-order valence-corrected chi connectivity index (χ2v) is 7.09. The highest BCUT2D eigenvalue weighted by atomic mass is 16.5. The average molecular weight is 355 g/mol. The van der Waals surface area contributed by atoms with Gasteiger partial charge in [-0.15, -0.1) is 0 Å². The van der Waals surface area contributed by atoms with Crippen LogP contribution in [0.1, 0.15) is 26.7 Å². The van der Waals surface area contributed by atoms with Crippen molar-refractivity contribution in [2.24, 2.45) is 5.92 Å². The third-order valence-corrected chi connectivity index (χ3v) is 4.48. The molecule has 138 valence electrons. The van der Waals surface area contributed by atoms with Crippen LogP contribution >= 0.6 is 0 Å². The van der Waals surface area contributed by atoms with Gasteiger partial charge in [0.1, 0.15) is 17.2 Å². The molecule has 2 aromatic carbocycles. The quantitative estimate of drug-likeness (QED) is 0.849. The van der Waals surface area contributed by atoms with Gasteiger partial charge in [-0.05, 0) is 75.2 Å². The van der Waals surface area contributed by atoms with Crippen LogP contribution in [0.5, 0.6) is 17.2 Å². The molecule has 1 aliphatic heterocycles. The molecule has 0 spiro atoms. The van der Waals surface area contributed by atoms with Gasteiger partial charge in [0.15, 0.2) is 0 Å². The Morgan fingerprint density at radius 1 is 1.04 bits per heavy atom. The number of amides is 1. The van der Waals surface area contributed by atoms with E-state index in [2.05, 4.69) is 5.32 Å². The van der Waals surface area contributed by atoms with Crippen LogP contribution in [-0.4, -0.2) is 25.2 Å². The summed E-state index contributed by atoms with van der Waals surface area (Å²) >= 11 is 0. The van der Waals surface area contributed by atoms with Crippen LogP contribution in [0.2, 0.25) is 0 Å². The number of benzene rings is 2. The first-order valence-corrected chi connectivity index (χ1v) is 8.82. The van der Waals surface area contributed by atoms with Gasteiger partial charge < -0.3 is 19.5 Å². The lowest BCUT2D eigenvalue weighted by molar-refractivity contribution is -0.130. The third kappa shape index (κ3) is 4.76. The molecule has 0 saturated carbocycles. The van der Waals surface area contributed by atoms with E-state index in [0.29, 0.717) is 12.4 Å². The van der Waals surface area contributed by atoms with Gasteiger partial charge >= 0.3 is 0 Å². The van der Waals surface area contributed by atoms with Gasteiger partial charge in [-0.25, -0.2) is 0 Å². The van der Waals surface area contributed by atoms with Crippen LogP contribution in [-0.2, 0) is 9.53 Å². The first kappa shape index (κ1) is 18.3. The number of methoxy groups -OCH3 is 1. The molecule has 5 nitrogen and oxygen atoms in total. The van der Waals surface area contributed by atoms with Crippen molar-refractivity contribution in [3.63, 3.8) is 0 Å². The van der Waals surface area contributed by atoms with E-state index in [4.69, 9.17) is 14.2 Å². The number of hydrogen-bond acceptors (Lipinski definition) is 4. The van der Waals surface area contributed by atoms with Crippen molar-refractivity contribution >= 4 is 11.6 Å². The van der Waals surface area contributed by atoms with Gasteiger partial charge in [0.2, 0.25) is 5.91 Å². The summed E-state index contributed by atoms with van der Waals surface area (Å²) in [7, 11) is 1.63. The Morgan fingerprint density at radius 2 is 1.62 bits per heavy atom. The first-order valence-electron chi connectivity index (χ1n) is 8.82. The maximum atomic E-state index is 12.5. The van der Waals surface area contributed by atoms with Gasteiger partial charge in [-0.3, -0.25) is 4.79 Å². The minimum atomic E-state index is -0.240. The van der Waals surface area contributed by atoms with Crippen LogP contribution in [0.15, 0.2) is 48.5 Å². The Morgan fingerprint density at radius 3 is 2.19 bits per heavy atom. The van der Waals surface area contributed by atoms with Crippen molar-refractivity contribution in [3.8, 4) is 17.2 Å². The third-order valence-electron chi connectivity index (χ3n) is 4.48. The molecule has 5 heteroatoms. The van der Waals surface area contributed by atoms with Gasteiger partial charge in [0.05, 0.1) is 12.7 Å². The molecule has 0 radical (unpaired) electrons. The molecule has 1 fully saturated rings. The summed E-state index contributed by atoms with van der Waals surface area (Å²) in [6.07, 6.45) is 1.49. The fourth-order valence-corrected chi connectivity index (χ4v) is 3.09. The molecule has 1 saturated heterocycles. The molecular formula is C21H25NO4. The molecule has 26 heavy (non-hydrogen) atoms. The van der Waals surface area contributed by atoms with Crippen LogP contribution in [0, 0.1) is 5.92 Å². The zero-order chi connectivity index (χ0) is 18.6. The zero-order valence-corrected chi connectivity index (χ0v) is 15.5. The summed E-state index contributed by atoms with van der Waals surface area (Å²) in [5.41, 5.74) is 0.525. The van der Waals surface area contributed by atoms with E-state index in [1.165, 1.54) is 0 Å². The summed E-state index contributed by atoms with van der Waals surface area (Å²) in [6, 6.07) is 14.8. The number of carbonyl (C=O) groups is 1. The zero-order valence-electron chi connectivity index (χ0n) is 15.5. The predicted molar refractivity (Wildman–Crippen MR) is 101 cm³/mol. The molecule has 1 unspecified atom stereocenters. The topological polar surface area (TPSA) is 56.8 Å².